The van der Waals surface area contributed by atoms with Crippen LogP contribution in [0.3, 0.4) is 0 Å². The van der Waals surface area contributed by atoms with Crippen LogP contribution in [0.5, 0.6) is 0 Å². The van der Waals surface area contributed by atoms with E-state index in [1.54, 1.807) is 0 Å². The van der Waals surface area contributed by atoms with Crippen LogP contribution in [0.15, 0.2) is 174 Å². The molecule has 0 aliphatic carbocycles. The summed E-state index contributed by atoms with van der Waals surface area (Å²) in [6, 6.07) is 60.4. The average Bonchev–Trinajstić information content (AvgIpc) is 3.68. The third kappa shape index (κ3) is 4.06. The van der Waals surface area contributed by atoms with Crippen molar-refractivity contribution in [2.45, 2.75) is 6.17 Å². The van der Waals surface area contributed by atoms with Gasteiger partial charge in [-0.1, -0.05) is 121 Å². The minimum absolute atomic E-state index is 0.0593. The van der Waals surface area contributed by atoms with Gasteiger partial charge in [0.2, 0.25) is 0 Å². The normalized spacial score (nSPS) is 14.5. The lowest BCUT2D eigenvalue weighted by Crippen LogP contribution is -2.51. The van der Waals surface area contributed by atoms with E-state index in [9.17, 15) is 0 Å². The Balaban J connectivity index is 1.16. The van der Waals surface area contributed by atoms with Crippen LogP contribution in [0.4, 0.5) is 5.69 Å². The largest absolute Gasteiger partial charge is 0.455 e. The number of hydrogen-bond acceptors (Lipinski definition) is 2. The number of nitrogens with zero attached hydrogens (tertiary/aromatic N) is 2. The van der Waals surface area contributed by atoms with Gasteiger partial charge >= 0.3 is 0 Å². The van der Waals surface area contributed by atoms with Crippen LogP contribution in [0.1, 0.15) is 17.3 Å². The Bertz CT molecular complexity index is 2700. The Morgan fingerprint density at radius 3 is 2.10 bits per heavy atom. The van der Waals surface area contributed by atoms with Gasteiger partial charge < -0.3 is 8.98 Å². The molecule has 10 rings (SSSR count). The fraction of sp³-hybridized carbons (Fsp3) is 0.0227. The Morgan fingerprint density at radius 1 is 0.521 bits per heavy atom. The number of nitrogens with one attached hydrogen (secondary N) is 1. The highest BCUT2D eigenvalue weighted by Crippen LogP contribution is 2.39. The van der Waals surface area contributed by atoms with E-state index in [4.69, 9.17) is 4.42 Å². The molecular weight excluding hydrogens is 587 g/mol. The van der Waals surface area contributed by atoms with E-state index in [-0.39, 0.29) is 6.17 Å². The van der Waals surface area contributed by atoms with Crippen LogP contribution in [0.2, 0.25) is 0 Å². The first-order valence-electron chi connectivity index (χ1n) is 16.4. The molecule has 226 valence electrons. The highest BCUT2D eigenvalue weighted by molar-refractivity contribution is 6.13. The van der Waals surface area contributed by atoms with Crippen LogP contribution in [0, 0.1) is 0 Å². The zero-order valence-corrected chi connectivity index (χ0v) is 26.0. The number of amidine groups is 1. The lowest BCUT2D eigenvalue weighted by Gasteiger charge is -2.29. The molecule has 7 aromatic carbocycles. The summed E-state index contributed by atoms with van der Waals surface area (Å²) < 4.78 is 11.2. The van der Waals surface area contributed by atoms with Gasteiger partial charge in [0.1, 0.15) is 16.9 Å². The van der Waals surface area contributed by atoms with Crippen LogP contribution < -0.4 is 5.32 Å². The first-order chi connectivity index (χ1) is 23.8. The van der Waals surface area contributed by atoms with Crippen molar-refractivity contribution in [3.05, 3.63) is 181 Å². The van der Waals surface area contributed by atoms with E-state index in [2.05, 4.69) is 172 Å². The minimum atomic E-state index is 0.0593. The van der Waals surface area contributed by atoms with E-state index < -0.39 is 0 Å². The summed E-state index contributed by atoms with van der Waals surface area (Å²) in [5, 5.41) is 8.52. The summed E-state index contributed by atoms with van der Waals surface area (Å²) in [7, 11) is 0. The maximum Gasteiger partial charge on any atom is 0.289 e. The van der Waals surface area contributed by atoms with Crippen molar-refractivity contribution >= 4 is 55.3 Å². The lowest BCUT2D eigenvalue weighted by molar-refractivity contribution is -0.531. The van der Waals surface area contributed by atoms with Gasteiger partial charge in [0.25, 0.3) is 12.0 Å². The van der Waals surface area contributed by atoms with Crippen molar-refractivity contribution in [3.8, 4) is 16.8 Å². The second kappa shape index (κ2) is 10.6. The van der Waals surface area contributed by atoms with E-state index in [0.717, 1.165) is 61.4 Å². The highest BCUT2D eigenvalue weighted by atomic mass is 16.3. The Labute approximate surface area is 277 Å². The molecule has 3 heterocycles. The summed E-state index contributed by atoms with van der Waals surface area (Å²) in [6.07, 6.45) is 0.0593. The number of benzene rings is 7. The predicted octanol–water partition coefficient (Wildman–Crippen LogP) is 10.7. The standard InChI is InChI=1S/C44H29N3O/c1-3-13-29(14-4-1)43-45-44(47(43)32-16-5-2-6-17-32)31-15-11-18-33(27-31)46-39-23-9-7-19-35(39)36-26-25-30(28-40(36)46)34-21-12-22-38-37-20-8-10-24-41(37)48-42(34)38/h1-28,43H/p+1. The van der Waals surface area contributed by atoms with Crippen molar-refractivity contribution in [2.75, 3.05) is 0 Å². The molecule has 0 amide bonds. The van der Waals surface area contributed by atoms with Gasteiger partial charge in [-0.15, -0.1) is 0 Å². The fourth-order valence-corrected chi connectivity index (χ4v) is 7.47. The van der Waals surface area contributed by atoms with Crippen LogP contribution >= 0.6 is 0 Å². The van der Waals surface area contributed by atoms with Gasteiger partial charge in [0, 0.05) is 38.4 Å². The highest BCUT2D eigenvalue weighted by Gasteiger charge is 2.40. The third-order valence-electron chi connectivity index (χ3n) is 9.69. The van der Waals surface area contributed by atoms with Crippen molar-refractivity contribution in [3.63, 3.8) is 0 Å². The first-order valence-corrected chi connectivity index (χ1v) is 16.4. The van der Waals surface area contributed by atoms with Gasteiger partial charge in [0.05, 0.1) is 16.6 Å². The molecule has 2 aromatic heterocycles. The lowest BCUT2D eigenvalue weighted by atomic mass is 10.0. The van der Waals surface area contributed by atoms with Crippen LogP contribution in [-0.4, -0.2) is 15.0 Å². The van der Waals surface area contributed by atoms with Gasteiger partial charge in [0.15, 0.2) is 0 Å². The molecule has 0 spiro atoms. The Hall–Kier alpha value is -6.39. The number of aromatic nitrogens is 1. The second-order valence-corrected chi connectivity index (χ2v) is 12.4. The molecule has 1 aliphatic heterocycles. The Morgan fingerprint density at radius 2 is 1.23 bits per heavy atom. The molecule has 1 aliphatic rings. The van der Waals surface area contributed by atoms with Gasteiger partial charge in [-0.25, -0.2) is 5.32 Å². The molecule has 1 atom stereocenters. The molecule has 0 radical (unpaired) electrons. The maximum atomic E-state index is 6.45. The zero-order chi connectivity index (χ0) is 31.6. The van der Waals surface area contributed by atoms with Crippen molar-refractivity contribution in [2.24, 2.45) is 0 Å². The number of para-hydroxylation sites is 4. The number of rotatable bonds is 5. The van der Waals surface area contributed by atoms with E-state index in [1.807, 2.05) is 12.1 Å². The van der Waals surface area contributed by atoms with Crippen LogP contribution in [-0.2, 0) is 0 Å². The quantitative estimate of drug-likeness (QED) is 0.195. The molecule has 48 heavy (non-hydrogen) atoms. The monoisotopic (exact) mass is 616 g/mol. The van der Waals surface area contributed by atoms with Gasteiger partial charge in [-0.2, -0.15) is 4.58 Å². The summed E-state index contributed by atoms with van der Waals surface area (Å²) in [5.74, 6) is 1.09. The van der Waals surface area contributed by atoms with Crippen LogP contribution in [0.25, 0.3) is 60.6 Å². The summed E-state index contributed by atoms with van der Waals surface area (Å²) in [6.45, 7) is 0. The fourth-order valence-electron chi connectivity index (χ4n) is 7.47. The Kier molecular flexibility index (Phi) is 5.90. The van der Waals surface area contributed by atoms with Gasteiger partial charge in [-0.05, 0) is 54.1 Å². The summed E-state index contributed by atoms with van der Waals surface area (Å²) in [4.78, 5) is 0. The van der Waals surface area contributed by atoms with Crippen molar-refractivity contribution in [1.29, 1.82) is 0 Å². The molecule has 0 saturated heterocycles. The topological polar surface area (TPSA) is 33.1 Å². The SMILES string of the molecule is c1ccc(C2NC(c3cccc(-n4c5ccccc5c5ccc(-c6cccc7c6oc6ccccc67)cc54)c3)=[N+]2c2ccccc2)cc1. The predicted molar refractivity (Wildman–Crippen MR) is 196 cm³/mol. The first kappa shape index (κ1) is 26.8. The molecule has 0 bridgehead atoms. The molecular formula is C44H30N3O+. The molecule has 4 nitrogen and oxygen atoms in total. The van der Waals surface area contributed by atoms with E-state index in [0.29, 0.717) is 0 Å². The number of fused-ring (bicyclic) bond motifs is 6. The minimum Gasteiger partial charge on any atom is -0.455 e. The summed E-state index contributed by atoms with van der Waals surface area (Å²) in [5.41, 5.74) is 11.0. The zero-order valence-electron chi connectivity index (χ0n) is 26.0. The molecule has 1 N–H and O–H groups in total. The molecule has 0 saturated carbocycles. The van der Waals surface area contributed by atoms with Crippen molar-refractivity contribution in [1.82, 2.24) is 9.88 Å². The van der Waals surface area contributed by atoms with E-state index >= 15 is 0 Å². The molecule has 1 unspecified atom stereocenters. The van der Waals surface area contributed by atoms with E-state index in [1.165, 1.54) is 21.9 Å². The summed E-state index contributed by atoms with van der Waals surface area (Å²) >= 11 is 0. The van der Waals surface area contributed by atoms with Gasteiger partial charge in [-0.3, -0.25) is 0 Å². The smallest absolute Gasteiger partial charge is 0.289 e. The molecule has 4 heteroatoms. The number of hydrogen-bond donors (Lipinski definition) is 1. The molecule has 0 fully saturated rings. The molecule has 9 aromatic rings. The second-order valence-electron chi connectivity index (χ2n) is 12.4. The average molecular weight is 617 g/mol. The number of furan rings is 1. The maximum absolute atomic E-state index is 6.45. The van der Waals surface area contributed by atoms with Crippen molar-refractivity contribution < 1.29 is 8.99 Å². The third-order valence-corrected chi connectivity index (χ3v) is 9.69.